The highest BCUT2D eigenvalue weighted by Gasteiger charge is 2.13. The van der Waals surface area contributed by atoms with E-state index in [1.165, 1.54) is 0 Å². The normalized spacial score (nSPS) is 12.1. The number of hydrogen-bond acceptors (Lipinski definition) is 3. The van der Waals surface area contributed by atoms with Crippen LogP contribution in [0.15, 0.2) is 24.3 Å². The molecule has 0 heterocycles. The van der Waals surface area contributed by atoms with Crippen LogP contribution in [0, 0.1) is 11.3 Å². The second-order valence-corrected chi connectivity index (χ2v) is 3.51. The van der Waals surface area contributed by atoms with Gasteiger partial charge in [-0.25, -0.2) is 0 Å². The van der Waals surface area contributed by atoms with E-state index in [4.69, 9.17) is 15.1 Å². The maximum atomic E-state index is 9.06. The molecule has 0 saturated heterocycles. The van der Waals surface area contributed by atoms with Gasteiger partial charge in [-0.1, -0.05) is 31.2 Å². The largest absolute Gasteiger partial charge is 0.396 e. The molecule has 0 bridgehead atoms. The first-order valence-electron chi connectivity index (χ1n) is 5.53. The number of ether oxygens (including phenoxy) is 1. The van der Waals surface area contributed by atoms with Crippen LogP contribution in [-0.2, 0) is 11.2 Å². The predicted molar refractivity (Wildman–Crippen MR) is 61.8 cm³/mol. The summed E-state index contributed by atoms with van der Waals surface area (Å²) in [4.78, 5) is 0. The molecule has 1 unspecified atom stereocenters. The van der Waals surface area contributed by atoms with E-state index in [2.05, 4.69) is 13.0 Å². The van der Waals surface area contributed by atoms with Crippen LogP contribution in [-0.4, -0.2) is 18.3 Å². The predicted octanol–water partition coefficient (Wildman–Crippen LogP) is 2.21. The molecule has 1 aromatic rings. The van der Waals surface area contributed by atoms with E-state index in [-0.39, 0.29) is 6.61 Å². The number of hydrogen-bond donors (Lipinski definition) is 1. The van der Waals surface area contributed by atoms with Crippen LogP contribution in [0.4, 0.5) is 0 Å². The Labute approximate surface area is 96.3 Å². The first kappa shape index (κ1) is 12.7. The minimum absolute atomic E-state index is 0.0908. The molecule has 0 aliphatic heterocycles. The summed E-state index contributed by atoms with van der Waals surface area (Å²) in [5.41, 5.74) is 2.07. The summed E-state index contributed by atoms with van der Waals surface area (Å²) in [5, 5.41) is 17.7. The molecular weight excluding hydrogens is 202 g/mol. The lowest BCUT2D eigenvalue weighted by atomic mass is 10.0. The molecule has 0 radical (unpaired) electrons. The Hall–Kier alpha value is -1.37. The van der Waals surface area contributed by atoms with Gasteiger partial charge >= 0.3 is 0 Å². The van der Waals surface area contributed by atoms with Crippen LogP contribution in [0.2, 0.25) is 0 Å². The van der Waals surface area contributed by atoms with E-state index in [1.54, 1.807) is 0 Å². The number of rotatable bonds is 6. The third kappa shape index (κ3) is 3.34. The molecule has 1 atom stereocenters. The SMILES string of the molecule is CCc1ccccc1C(C#N)OCCCO. The van der Waals surface area contributed by atoms with Gasteiger partial charge in [-0.2, -0.15) is 5.26 Å². The van der Waals surface area contributed by atoms with Gasteiger partial charge in [-0.3, -0.25) is 0 Å². The zero-order valence-electron chi connectivity index (χ0n) is 9.52. The number of nitrogens with zero attached hydrogens (tertiary/aromatic N) is 1. The highest BCUT2D eigenvalue weighted by molar-refractivity contribution is 5.32. The first-order chi connectivity index (χ1) is 7.83. The molecule has 0 aromatic heterocycles. The molecule has 16 heavy (non-hydrogen) atoms. The average molecular weight is 219 g/mol. The zero-order chi connectivity index (χ0) is 11.8. The van der Waals surface area contributed by atoms with Crippen LogP contribution in [0.3, 0.4) is 0 Å². The van der Waals surface area contributed by atoms with Gasteiger partial charge in [0.25, 0.3) is 0 Å². The van der Waals surface area contributed by atoms with Gasteiger partial charge in [0.2, 0.25) is 0 Å². The Morgan fingerprint density at radius 3 is 2.81 bits per heavy atom. The van der Waals surface area contributed by atoms with E-state index in [0.717, 1.165) is 17.5 Å². The van der Waals surface area contributed by atoms with E-state index >= 15 is 0 Å². The average Bonchev–Trinajstić information content (AvgIpc) is 2.35. The minimum Gasteiger partial charge on any atom is -0.396 e. The number of aliphatic hydroxyl groups excluding tert-OH is 1. The summed E-state index contributed by atoms with van der Waals surface area (Å²) >= 11 is 0. The van der Waals surface area contributed by atoms with Crippen molar-refractivity contribution in [2.24, 2.45) is 0 Å². The maximum Gasteiger partial charge on any atom is 0.169 e. The van der Waals surface area contributed by atoms with E-state index in [0.29, 0.717) is 13.0 Å². The van der Waals surface area contributed by atoms with E-state index in [1.807, 2.05) is 24.3 Å². The smallest absolute Gasteiger partial charge is 0.169 e. The van der Waals surface area contributed by atoms with Crippen LogP contribution in [0.5, 0.6) is 0 Å². The molecule has 0 amide bonds. The molecule has 0 aliphatic rings. The monoisotopic (exact) mass is 219 g/mol. The second kappa shape index (κ2) is 7.00. The molecule has 0 spiro atoms. The van der Waals surface area contributed by atoms with E-state index in [9.17, 15) is 0 Å². The van der Waals surface area contributed by atoms with Crippen molar-refractivity contribution in [3.63, 3.8) is 0 Å². The second-order valence-electron chi connectivity index (χ2n) is 3.51. The molecule has 86 valence electrons. The van der Waals surface area contributed by atoms with Crippen molar-refractivity contribution >= 4 is 0 Å². The highest BCUT2D eigenvalue weighted by Crippen LogP contribution is 2.21. The number of aliphatic hydroxyl groups is 1. The van der Waals surface area contributed by atoms with Crippen LogP contribution in [0.25, 0.3) is 0 Å². The Bertz CT molecular complexity index is 357. The van der Waals surface area contributed by atoms with Crippen molar-refractivity contribution in [1.82, 2.24) is 0 Å². The molecule has 1 aromatic carbocycles. The summed E-state index contributed by atoms with van der Waals surface area (Å²) < 4.78 is 5.44. The number of benzene rings is 1. The van der Waals surface area contributed by atoms with Gasteiger partial charge in [0.05, 0.1) is 12.7 Å². The summed E-state index contributed by atoms with van der Waals surface area (Å²) in [7, 11) is 0. The highest BCUT2D eigenvalue weighted by atomic mass is 16.5. The van der Waals surface area contributed by atoms with E-state index < -0.39 is 6.10 Å². The fourth-order valence-corrected chi connectivity index (χ4v) is 1.57. The van der Waals surface area contributed by atoms with Gasteiger partial charge < -0.3 is 9.84 Å². The van der Waals surface area contributed by atoms with Gasteiger partial charge in [0.15, 0.2) is 6.10 Å². The van der Waals surface area contributed by atoms with Gasteiger partial charge in [-0.05, 0) is 24.0 Å². The van der Waals surface area contributed by atoms with Crippen LogP contribution in [0.1, 0.15) is 30.6 Å². The van der Waals surface area contributed by atoms with Crippen molar-refractivity contribution in [3.8, 4) is 6.07 Å². The lowest BCUT2D eigenvalue weighted by molar-refractivity contribution is 0.0769. The number of aryl methyl sites for hydroxylation is 1. The fourth-order valence-electron chi connectivity index (χ4n) is 1.57. The van der Waals surface area contributed by atoms with Gasteiger partial charge in [0, 0.05) is 6.61 Å². The minimum atomic E-state index is -0.525. The topological polar surface area (TPSA) is 53.2 Å². The first-order valence-corrected chi connectivity index (χ1v) is 5.53. The molecule has 3 heteroatoms. The standard InChI is InChI=1S/C13H17NO2/c1-2-11-6-3-4-7-12(11)13(10-14)16-9-5-8-15/h3-4,6-7,13,15H,2,5,8-9H2,1H3. The number of nitriles is 1. The molecular formula is C13H17NO2. The van der Waals surface area contributed by atoms with Crippen LogP contribution < -0.4 is 0 Å². The zero-order valence-corrected chi connectivity index (χ0v) is 9.52. The van der Waals surface area contributed by atoms with Crippen molar-refractivity contribution in [2.75, 3.05) is 13.2 Å². The van der Waals surface area contributed by atoms with Crippen molar-refractivity contribution in [2.45, 2.75) is 25.9 Å². The Morgan fingerprint density at radius 2 is 2.19 bits per heavy atom. The van der Waals surface area contributed by atoms with Crippen molar-refractivity contribution in [3.05, 3.63) is 35.4 Å². The molecule has 1 rings (SSSR count). The van der Waals surface area contributed by atoms with Crippen molar-refractivity contribution in [1.29, 1.82) is 5.26 Å². The molecule has 0 saturated carbocycles. The molecule has 0 aliphatic carbocycles. The Kier molecular flexibility index (Phi) is 5.55. The summed E-state index contributed by atoms with van der Waals surface area (Å²) in [5.74, 6) is 0. The summed E-state index contributed by atoms with van der Waals surface area (Å²) in [6.45, 7) is 2.56. The third-order valence-electron chi connectivity index (χ3n) is 2.42. The third-order valence-corrected chi connectivity index (χ3v) is 2.42. The molecule has 0 fully saturated rings. The lowest BCUT2D eigenvalue weighted by Crippen LogP contribution is -2.07. The molecule has 3 nitrogen and oxygen atoms in total. The van der Waals surface area contributed by atoms with Gasteiger partial charge in [0.1, 0.15) is 0 Å². The van der Waals surface area contributed by atoms with Gasteiger partial charge in [-0.15, -0.1) is 0 Å². The maximum absolute atomic E-state index is 9.06. The fraction of sp³-hybridized carbons (Fsp3) is 0.462. The van der Waals surface area contributed by atoms with Crippen LogP contribution >= 0.6 is 0 Å². The lowest BCUT2D eigenvalue weighted by Gasteiger charge is -2.14. The van der Waals surface area contributed by atoms with Crippen molar-refractivity contribution < 1.29 is 9.84 Å². The summed E-state index contributed by atoms with van der Waals surface area (Å²) in [6.07, 6.45) is 0.923. The molecule has 1 N–H and O–H groups in total. The quantitative estimate of drug-likeness (QED) is 0.746. The Balaban J connectivity index is 2.75. The Morgan fingerprint density at radius 1 is 1.44 bits per heavy atom. The summed E-state index contributed by atoms with van der Waals surface area (Å²) in [6, 6.07) is 9.95.